The summed E-state index contributed by atoms with van der Waals surface area (Å²) in [6.45, 7) is 2.36. The second-order valence-corrected chi connectivity index (χ2v) is 8.52. The van der Waals surface area contributed by atoms with E-state index in [0.717, 1.165) is 4.57 Å². The molecule has 0 aliphatic rings. The van der Waals surface area contributed by atoms with Crippen molar-refractivity contribution in [1.82, 2.24) is 9.88 Å². The molecule has 10 heteroatoms. The Labute approximate surface area is 205 Å². The first-order valence-corrected chi connectivity index (χ1v) is 11.2. The Morgan fingerprint density at radius 1 is 0.944 bits per heavy atom. The molecule has 0 aliphatic carbocycles. The van der Waals surface area contributed by atoms with E-state index in [2.05, 4.69) is 10.6 Å². The second kappa shape index (κ2) is 11.2. The van der Waals surface area contributed by atoms with Gasteiger partial charge in [0.25, 0.3) is 11.3 Å². The fourth-order valence-corrected chi connectivity index (χ4v) is 3.60. The van der Waals surface area contributed by atoms with Gasteiger partial charge in [0.15, 0.2) is 0 Å². The van der Waals surface area contributed by atoms with Gasteiger partial charge < -0.3 is 10.6 Å². The number of hydrogen-bond acceptors (Lipinski definition) is 4. The van der Waals surface area contributed by atoms with Crippen molar-refractivity contribution in [2.24, 2.45) is 5.92 Å². The minimum absolute atomic E-state index is 0.138. The van der Waals surface area contributed by atoms with Gasteiger partial charge in [-0.05, 0) is 41.3 Å². The Hall–Kier alpha value is -3.95. The molecule has 0 bridgehead atoms. The first-order valence-electron chi connectivity index (χ1n) is 11.2. The number of ketones is 1. The summed E-state index contributed by atoms with van der Waals surface area (Å²) in [6, 6.07) is 15.7. The second-order valence-electron chi connectivity index (χ2n) is 8.52. The van der Waals surface area contributed by atoms with Crippen LogP contribution in [-0.4, -0.2) is 28.5 Å². The Balaban J connectivity index is 1.91. The lowest BCUT2D eigenvalue weighted by atomic mass is 9.99. The van der Waals surface area contributed by atoms with Crippen LogP contribution in [0.25, 0.3) is 11.3 Å². The fraction of sp³-hybridized carbons (Fsp3) is 0.269. The summed E-state index contributed by atoms with van der Waals surface area (Å²) in [5.74, 6) is -4.20. The molecule has 6 nitrogen and oxygen atoms in total. The number of rotatable bonds is 9. The zero-order valence-corrected chi connectivity index (χ0v) is 19.6. The van der Waals surface area contributed by atoms with E-state index >= 15 is 0 Å². The molecular formula is C26H25F4N3O3. The summed E-state index contributed by atoms with van der Waals surface area (Å²) in [4.78, 5) is 37.9. The van der Waals surface area contributed by atoms with Gasteiger partial charge in [0.2, 0.25) is 5.91 Å². The SMILES string of the molecule is CC(C)C(NC(=O)Cn1c(-c2ccccc2)ccc(NCc2ccc(F)cc2)c1=O)C(=O)C(F)(F)F. The van der Waals surface area contributed by atoms with Gasteiger partial charge in [-0.25, -0.2) is 4.39 Å². The molecule has 190 valence electrons. The Morgan fingerprint density at radius 2 is 1.58 bits per heavy atom. The third-order valence-corrected chi connectivity index (χ3v) is 5.49. The van der Waals surface area contributed by atoms with Gasteiger partial charge in [-0.1, -0.05) is 56.3 Å². The van der Waals surface area contributed by atoms with Crippen molar-refractivity contribution >= 4 is 17.4 Å². The number of anilines is 1. The summed E-state index contributed by atoms with van der Waals surface area (Å²) in [5.41, 5.74) is 1.23. The van der Waals surface area contributed by atoms with Crippen LogP contribution in [0.5, 0.6) is 0 Å². The van der Waals surface area contributed by atoms with E-state index in [4.69, 9.17) is 0 Å². The molecule has 0 saturated heterocycles. The number of hydrogen-bond donors (Lipinski definition) is 2. The van der Waals surface area contributed by atoms with E-state index < -0.39 is 47.7 Å². The third-order valence-electron chi connectivity index (χ3n) is 5.49. The predicted molar refractivity (Wildman–Crippen MR) is 128 cm³/mol. The van der Waals surface area contributed by atoms with Crippen LogP contribution in [0, 0.1) is 11.7 Å². The number of nitrogens with zero attached hydrogens (tertiary/aromatic N) is 1. The minimum atomic E-state index is -5.11. The molecule has 2 aromatic carbocycles. The molecule has 2 N–H and O–H groups in total. The lowest BCUT2D eigenvalue weighted by molar-refractivity contribution is -0.174. The van der Waals surface area contributed by atoms with Crippen molar-refractivity contribution in [3.05, 3.63) is 88.5 Å². The topological polar surface area (TPSA) is 80.2 Å². The predicted octanol–water partition coefficient (Wildman–Crippen LogP) is 4.54. The van der Waals surface area contributed by atoms with Gasteiger partial charge in [-0.2, -0.15) is 13.2 Å². The number of carbonyl (C=O) groups is 2. The number of halogens is 4. The van der Waals surface area contributed by atoms with Crippen LogP contribution in [0.4, 0.5) is 23.2 Å². The smallest absolute Gasteiger partial charge is 0.377 e. The highest BCUT2D eigenvalue weighted by Crippen LogP contribution is 2.22. The van der Waals surface area contributed by atoms with Gasteiger partial charge in [-0.3, -0.25) is 19.0 Å². The van der Waals surface area contributed by atoms with Crippen LogP contribution in [0.1, 0.15) is 19.4 Å². The number of amides is 1. The third kappa shape index (κ3) is 6.59. The average molecular weight is 503 g/mol. The van der Waals surface area contributed by atoms with Crippen LogP contribution in [0.2, 0.25) is 0 Å². The van der Waals surface area contributed by atoms with Crippen molar-refractivity contribution in [1.29, 1.82) is 0 Å². The largest absolute Gasteiger partial charge is 0.452 e. The zero-order chi connectivity index (χ0) is 26.5. The molecule has 0 radical (unpaired) electrons. The van der Waals surface area contributed by atoms with E-state index in [9.17, 15) is 31.9 Å². The monoisotopic (exact) mass is 503 g/mol. The number of alkyl halides is 3. The molecule has 3 rings (SSSR count). The molecule has 1 aromatic heterocycles. The van der Waals surface area contributed by atoms with Crippen LogP contribution in [0.3, 0.4) is 0 Å². The molecule has 1 heterocycles. The van der Waals surface area contributed by atoms with Gasteiger partial charge in [0.1, 0.15) is 18.0 Å². The molecule has 1 atom stereocenters. The molecule has 0 aliphatic heterocycles. The highest BCUT2D eigenvalue weighted by Gasteiger charge is 2.45. The van der Waals surface area contributed by atoms with Crippen molar-refractivity contribution in [3.63, 3.8) is 0 Å². The maximum Gasteiger partial charge on any atom is 0.452 e. The Bertz CT molecular complexity index is 1270. The molecule has 0 spiro atoms. The summed E-state index contributed by atoms with van der Waals surface area (Å²) < 4.78 is 53.3. The number of carbonyl (C=O) groups excluding carboxylic acids is 2. The number of aromatic nitrogens is 1. The number of pyridine rings is 1. The van der Waals surface area contributed by atoms with Crippen molar-refractivity contribution in [2.45, 2.75) is 39.2 Å². The standard InChI is InChI=1S/C26H25F4N3O3/c1-16(2)23(24(35)26(28,29)30)32-22(34)15-33-21(18-6-4-3-5-7-18)13-12-20(25(33)36)31-14-17-8-10-19(27)11-9-17/h3-13,16,23,31H,14-15H2,1-2H3,(H,32,34). The van der Waals surface area contributed by atoms with Crippen molar-refractivity contribution in [3.8, 4) is 11.3 Å². The fourth-order valence-electron chi connectivity index (χ4n) is 3.60. The van der Waals surface area contributed by atoms with E-state index in [1.165, 1.54) is 32.0 Å². The van der Waals surface area contributed by atoms with Gasteiger partial charge in [0.05, 0.1) is 11.7 Å². The first kappa shape index (κ1) is 26.7. The molecule has 3 aromatic rings. The summed E-state index contributed by atoms with van der Waals surface area (Å²) in [5, 5.41) is 5.08. The quantitative estimate of drug-likeness (QED) is 0.421. The minimum Gasteiger partial charge on any atom is -0.377 e. The molecule has 0 saturated carbocycles. The maximum absolute atomic E-state index is 13.3. The van der Waals surface area contributed by atoms with Gasteiger partial charge >= 0.3 is 6.18 Å². The van der Waals surface area contributed by atoms with Crippen LogP contribution in [-0.2, 0) is 22.7 Å². The average Bonchev–Trinajstić information content (AvgIpc) is 2.83. The highest BCUT2D eigenvalue weighted by atomic mass is 19.4. The normalized spacial score (nSPS) is 12.3. The summed E-state index contributed by atoms with van der Waals surface area (Å²) in [7, 11) is 0. The Morgan fingerprint density at radius 3 is 2.17 bits per heavy atom. The number of nitrogens with one attached hydrogen (secondary N) is 2. The lowest BCUT2D eigenvalue weighted by Gasteiger charge is -2.23. The molecule has 1 amide bonds. The van der Waals surface area contributed by atoms with E-state index in [0.29, 0.717) is 16.8 Å². The zero-order valence-electron chi connectivity index (χ0n) is 19.6. The number of Topliss-reactive ketones (excluding diaryl/α,β-unsaturated/α-hetero) is 1. The van der Waals surface area contributed by atoms with Crippen molar-refractivity contribution < 1.29 is 27.2 Å². The van der Waals surface area contributed by atoms with Gasteiger partial charge in [-0.15, -0.1) is 0 Å². The van der Waals surface area contributed by atoms with E-state index in [1.807, 2.05) is 0 Å². The lowest BCUT2D eigenvalue weighted by Crippen LogP contribution is -2.50. The maximum atomic E-state index is 13.3. The van der Waals surface area contributed by atoms with Crippen molar-refractivity contribution in [2.75, 3.05) is 5.32 Å². The number of benzene rings is 2. The highest BCUT2D eigenvalue weighted by molar-refractivity contribution is 5.93. The Kier molecular flexibility index (Phi) is 8.29. The van der Waals surface area contributed by atoms with Gasteiger partial charge in [0, 0.05) is 6.54 Å². The summed E-state index contributed by atoms with van der Waals surface area (Å²) >= 11 is 0. The van der Waals surface area contributed by atoms with Crippen LogP contribution < -0.4 is 16.2 Å². The molecule has 36 heavy (non-hydrogen) atoms. The first-order chi connectivity index (χ1) is 17.0. The molecule has 0 fully saturated rings. The van der Waals surface area contributed by atoms with E-state index in [1.54, 1.807) is 48.5 Å². The van der Waals surface area contributed by atoms with Crippen LogP contribution >= 0.6 is 0 Å². The molecule has 1 unspecified atom stereocenters. The van der Waals surface area contributed by atoms with Crippen LogP contribution in [0.15, 0.2) is 71.5 Å². The summed E-state index contributed by atoms with van der Waals surface area (Å²) in [6.07, 6.45) is -5.11. The van der Waals surface area contributed by atoms with E-state index in [-0.39, 0.29) is 12.2 Å². The molecular weight excluding hydrogens is 478 g/mol.